The molecule has 0 spiro atoms. The molecule has 3 aromatic heterocycles. The molecule has 2 saturated heterocycles. The summed E-state index contributed by atoms with van der Waals surface area (Å²) < 4.78 is 78.3. The van der Waals surface area contributed by atoms with Gasteiger partial charge in [0.15, 0.2) is 11.5 Å². The van der Waals surface area contributed by atoms with Crippen LogP contribution in [-0.2, 0) is 17.5 Å². The van der Waals surface area contributed by atoms with E-state index in [0.29, 0.717) is 42.3 Å². The summed E-state index contributed by atoms with van der Waals surface area (Å²) in [6.07, 6.45) is 0.690. The molecular formula is C28H31F5N8O. The molecule has 2 aliphatic heterocycles. The fourth-order valence-electron chi connectivity index (χ4n) is 6.67. The highest BCUT2D eigenvalue weighted by Crippen LogP contribution is 2.57. The first-order chi connectivity index (χ1) is 20.0. The molecule has 4 aromatic rings. The largest absolute Gasteiger partial charge is 0.416 e. The van der Waals surface area contributed by atoms with Gasteiger partial charge in [-0.3, -0.25) is 4.90 Å². The fourth-order valence-corrected chi connectivity index (χ4v) is 6.67. The summed E-state index contributed by atoms with van der Waals surface area (Å²) in [6, 6.07) is 3.58. The number of aromatic nitrogens is 6. The van der Waals surface area contributed by atoms with Crippen molar-refractivity contribution >= 4 is 22.8 Å². The van der Waals surface area contributed by atoms with E-state index in [9.17, 15) is 22.0 Å². The zero-order valence-corrected chi connectivity index (χ0v) is 23.2. The van der Waals surface area contributed by atoms with E-state index in [0.717, 1.165) is 37.2 Å². The molecule has 42 heavy (non-hydrogen) atoms. The van der Waals surface area contributed by atoms with Crippen molar-refractivity contribution in [2.75, 3.05) is 24.6 Å². The zero-order chi connectivity index (χ0) is 29.4. The first kappa shape index (κ1) is 27.4. The van der Waals surface area contributed by atoms with Crippen molar-refractivity contribution in [3.8, 4) is 0 Å². The number of piperazine rings is 1. The molecule has 0 radical (unpaired) electrons. The molecule has 224 valence electrons. The van der Waals surface area contributed by atoms with Gasteiger partial charge in [0.1, 0.15) is 11.8 Å². The van der Waals surface area contributed by atoms with Crippen LogP contribution in [0.1, 0.15) is 50.3 Å². The molecule has 9 nitrogen and oxygen atoms in total. The lowest BCUT2D eigenvalue weighted by Gasteiger charge is -2.48. The summed E-state index contributed by atoms with van der Waals surface area (Å²) in [5.41, 5.74) is 1.16. The van der Waals surface area contributed by atoms with E-state index in [1.165, 1.54) is 12.1 Å². The standard InChI is InChI=1S/C28H31F5N8O/c1-16-12-40(24-22-25(41-15-35-37-26(41)36-24)38(14-34-22)13-20-4-3-9-42-20)17(2)11-39(16)23(21-10-27(21,29)30)18-5-7-19(8-6-18)28(31,32)33/h5-8,14-17,20-21,23H,3-4,9-13H2,1-2H3/t16-,17+,20+,21+,23?/m1/s1. The van der Waals surface area contributed by atoms with Gasteiger partial charge in [-0.15, -0.1) is 10.2 Å². The van der Waals surface area contributed by atoms with Crippen molar-refractivity contribution in [1.82, 2.24) is 34.0 Å². The van der Waals surface area contributed by atoms with Crippen LogP contribution in [0.25, 0.3) is 16.9 Å². The number of ether oxygens (including phenoxy) is 1. The minimum Gasteiger partial charge on any atom is -0.376 e. The molecule has 5 atom stereocenters. The third-order valence-corrected chi connectivity index (χ3v) is 8.91. The van der Waals surface area contributed by atoms with Crippen molar-refractivity contribution in [1.29, 1.82) is 0 Å². The summed E-state index contributed by atoms with van der Waals surface area (Å²) >= 11 is 0. The lowest BCUT2D eigenvalue weighted by Crippen LogP contribution is -2.58. The second-order valence-electron chi connectivity index (χ2n) is 11.8. The Morgan fingerprint density at radius 1 is 1.07 bits per heavy atom. The van der Waals surface area contributed by atoms with Crippen molar-refractivity contribution in [2.45, 2.75) is 76.0 Å². The second kappa shape index (κ2) is 9.83. The number of alkyl halides is 5. The van der Waals surface area contributed by atoms with Gasteiger partial charge in [0.05, 0.1) is 24.5 Å². The molecule has 0 amide bonds. The molecule has 3 fully saturated rings. The Hall–Kier alpha value is -3.39. The molecule has 1 saturated carbocycles. The summed E-state index contributed by atoms with van der Waals surface area (Å²) in [4.78, 5) is 13.7. The first-order valence-electron chi connectivity index (χ1n) is 14.2. The maximum Gasteiger partial charge on any atom is 0.416 e. The molecule has 0 N–H and O–H groups in total. The minimum absolute atomic E-state index is 0.0933. The molecule has 1 unspecified atom stereocenters. The zero-order valence-electron chi connectivity index (χ0n) is 23.2. The second-order valence-corrected chi connectivity index (χ2v) is 11.8. The van der Waals surface area contributed by atoms with E-state index in [2.05, 4.69) is 15.1 Å². The normalized spacial score (nSPS) is 27.3. The third-order valence-electron chi connectivity index (χ3n) is 8.91. The monoisotopic (exact) mass is 590 g/mol. The third kappa shape index (κ3) is 4.68. The number of benzene rings is 1. The van der Waals surface area contributed by atoms with Gasteiger partial charge in [0, 0.05) is 50.2 Å². The van der Waals surface area contributed by atoms with E-state index in [-0.39, 0.29) is 24.6 Å². The van der Waals surface area contributed by atoms with E-state index >= 15 is 0 Å². The Kier molecular flexibility index (Phi) is 6.42. The number of nitrogens with zero attached hydrogens (tertiary/aromatic N) is 8. The molecule has 1 aliphatic carbocycles. The molecule has 1 aromatic carbocycles. The van der Waals surface area contributed by atoms with Crippen molar-refractivity contribution in [3.05, 3.63) is 48.0 Å². The highest BCUT2D eigenvalue weighted by Gasteiger charge is 2.62. The first-order valence-corrected chi connectivity index (χ1v) is 14.2. The molecule has 7 rings (SSSR count). The van der Waals surface area contributed by atoms with E-state index in [1.807, 2.05) is 23.3 Å². The van der Waals surface area contributed by atoms with Gasteiger partial charge < -0.3 is 14.2 Å². The quantitative estimate of drug-likeness (QED) is 0.294. The van der Waals surface area contributed by atoms with Crippen LogP contribution in [-0.4, -0.2) is 77.8 Å². The van der Waals surface area contributed by atoms with Gasteiger partial charge in [-0.1, -0.05) is 12.1 Å². The lowest BCUT2D eigenvalue weighted by molar-refractivity contribution is -0.137. The lowest BCUT2D eigenvalue weighted by atomic mass is 9.95. The topological polar surface area (TPSA) is 76.6 Å². The number of hydrogen-bond donors (Lipinski definition) is 0. The number of rotatable bonds is 6. The Bertz CT molecular complexity index is 1600. The van der Waals surface area contributed by atoms with Gasteiger partial charge in [-0.05, 0) is 44.4 Å². The highest BCUT2D eigenvalue weighted by molar-refractivity contribution is 5.86. The molecular weight excluding hydrogens is 559 g/mol. The summed E-state index contributed by atoms with van der Waals surface area (Å²) in [7, 11) is 0. The SMILES string of the molecule is C[C@@H]1CN(c2nc3nncn3c3c2ncn3C[C@@H]2CCCO2)[C@@H](C)CN1C(c1ccc(C(F)(F)F)cc1)[C@@H]1CC1(F)F. The summed E-state index contributed by atoms with van der Waals surface area (Å²) in [6.45, 7) is 6.21. The smallest absolute Gasteiger partial charge is 0.376 e. The van der Waals surface area contributed by atoms with Gasteiger partial charge in [-0.2, -0.15) is 18.2 Å². The van der Waals surface area contributed by atoms with E-state index in [1.54, 1.807) is 17.1 Å². The average molecular weight is 591 g/mol. The van der Waals surface area contributed by atoms with Gasteiger partial charge in [-0.25, -0.2) is 18.2 Å². The predicted octanol–water partition coefficient (Wildman–Crippen LogP) is 4.97. The number of hydrogen-bond acceptors (Lipinski definition) is 7. The highest BCUT2D eigenvalue weighted by atomic mass is 19.4. The van der Waals surface area contributed by atoms with Crippen LogP contribution in [0.2, 0.25) is 0 Å². The van der Waals surface area contributed by atoms with Crippen LogP contribution < -0.4 is 4.90 Å². The van der Waals surface area contributed by atoms with Crippen LogP contribution in [0.4, 0.5) is 27.8 Å². The average Bonchev–Trinajstić information content (AvgIpc) is 3.46. The summed E-state index contributed by atoms with van der Waals surface area (Å²) in [5, 5.41) is 8.27. The van der Waals surface area contributed by atoms with Crippen LogP contribution in [0.15, 0.2) is 36.9 Å². The predicted molar refractivity (Wildman–Crippen MR) is 143 cm³/mol. The van der Waals surface area contributed by atoms with Crippen LogP contribution in [0, 0.1) is 5.92 Å². The van der Waals surface area contributed by atoms with E-state index in [4.69, 9.17) is 14.7 Å². The number of anilines is 1. The minimum atomic E-state index is -4.49. The Morgan fingerprint density at radius 2 is 1.83 bits per heavy atom. The fraction of sp³-hybridized carbons (Fsp3) is 0.571. The van der Waals surface area contributed by atoms with Crippen molar-refractivity contribution in [3.63, 3.8) is 0 Å². The molecule has 5 heterocycles. The van der Waals surface area contributed by atoms with E-state index < -0.39 is 29.6 Å². The number of halogens is 5. The summed E-state index contributed by atoms with van der Waals surface area (Å²) in [5.74, 6) is -2.75. The molecule has 14 heteroatoms. The van der Waals surface area contributed by atoms with Crippen LogP contribution >= 0.6 is 0 Å². The maximum absolute atomic E-state index is 14.5. The Balaban J connectivity index is 1.21. The number of fused-ring (bicyclic) bond motifs is 3. The van der Waals surface area contributed by atoms with Crippen LogP contribution in [0.5, 0.6) is 0 Å². The Labute approximate surface area is 238 Å². The Morgan fingerprint density at radius 3 is 2.50 bits per heavy atom. The van der Waals surface area contributed by atoms with Crippen molar-refractivity contribution < 1.29 is 26.7 Å². The molecule has 0 bridgehead atoms. The van der Waals surface area contributed by atoms with Gasteiger partial charge in [0.2, 0.25) is 0 Å². The van der Waals surface area contributed by atoms with Gasteiger partial charge in [0.25, 0.3) is 11.7 Å². The van der Waals surface area contributed by atoms with Crippen molar-refractivity contribution in [2.24, 2.45) is 5.92 Å². The van der Waals surface area contributed by atoms with Crippen LogP contribution in [0.3, 0.4) is 0 Å². The van der Waals surface area contributed by atoms with Gasteiger partial charge >= 0.3 is 6.18 Å². The number of imidazole rings is 1. The maximum atomic E-state index is 14.5. The molecule has 3 aliphatic rings.